The lowest BCUT2D eigenvalue weighted by Crippen LogP contribution is -2.48. The molecule has 0 saturated carbocycles. The number of aliphatic hydroxyl groups is 1. The van der Waals surface area contributed by atoms with Crippen LogP contribution in [0.4, 0.5) is 8.78 Å². The van der Waals surface area contributed by atoms with Crippen molar-refractivity contribution in [2.75, 3.05) is 19.6 Å². The third kappa shape index (κ3) is 10.1. The normalized spacial score (nSPS) is 12.6. The molecule has 2 amide bonds. The van der Waals surface area contributed by atoms with Gasteiger partial charge < -0.3 is 25.2 Å². The van der Waals surface area contributed by atoms with Gasteiger partial charge in [0.15, 0.2) is 5.15 Å². The summed E-state index contributed by atoms with van der Waals surface area (Å²) < 4.78 is 30.0. The van der Waals surface area contributed by atoms with E-state index in [1.54, 1.807) is 36.4 Å². The molecule has 0 unspecified atom stereocenters. The third-order valence-corrected chi connectivity index (χ3v) is 7.63. The third-order valence-electron chi connectivity index (χ3n) is 7.31. The Hall–Kier alpha value is -3.34. The molecule has 0 aliphatic heterocycles. The second-order valence-corrected chi connectivity index (χ2v) is 11.5. The topological polar surface area (TPSA) is 99.5 Å². The van der Waals surface area contributed by atoms with Crippen molar-refractivity contribution in [3.8, 4) is 0 Å². The first-order valence-electron chi connectivity index (χ1n) is 15.3. The van der Waals surface area contributed by atoms with Gasteiger partial charge in [0.2, 0.25) is 0 Å². The first kappa shape index (κ1) is 35.1. The minimum Gasteiger partial charge on any atom is -0.390 e. The van der Waals surface area contributed by atoms with E-state index in [1.165, 1.54) is 12.1 Å². The molecule has 2 aromatic carbocycles. The summed E-state index contributed by atoms with van der Waals surface area (Å²) in [5.41, 5.74) is 2.44. The Morgan fingerprint density at radius 3 is 2.30 bits per heavy atom. The number of aliphatic hydroxyl groups excluding tert-OH is 1. The van der Waals surface area contributed by atoms with E-state index in [4.69, 9.17) is 11.6 Å². The van der Waals surface area contributed by atoms with Crippen LogP contribution in [-0.2, 0) is 19.5 Å². The summed E-state index contributed by atoms with van der Waals surface area (Å²) in [6.07, 6.45) is 4.11. The van der Waals surface area contributed by atoms with E-state index in [9.17, 15) is 23.5 Å². The van der Waals surface area contributed by atoms with Crippen LogP contribution in [-0.4, -0.2) is 63.2 Å². The van der Waals surface area contributed by atoms with Crippen molar-refractivity contribution in [2.24, 2.45) is 0 Å². The number of hydrogen-bond donors (Lipinski definition) is 3. The Morgan fingerprint density at radius 2 is 1.66 bits per heavy atom. The molecule has 0 radical (unpaired) electrons. The van der Waals surface area contributed by atoms with Crippen LogP contribution in [0, 0.1) is 18.6 Å². The number of nitrogens with one attached hydrogen (secondary N) is 2. The molecule has 0 saturated heterocycles. The molecule has 2 atom stereocenters. The quantitative estimate of drug-likeness (QED) is 0.178. The Labute approximate surface area is 263 Å². The molecule has 0 fully saturated rings. The molecule has 240 valence electrons. The maximum absolute atomic E-state index is 14.0. The lowest BCUT2D eigenvalue weighted by molar-refractivity contribution is 0.0755. The van der Waals surface area contributed by atoms with Crippen molar-refractivity contribution in [3.63, 3.8) is 0 Å². The van der Waals surface area contributed by atoms with Crippen LogP contribution in [0.3, 0.4) is 0 Å². The Morgan fingerprint density at radius 1 is 1.00 bits per heavy atom. The SMILES string of the molecule is CCCCn1cnc(Cl)c1CNC[C@@H](O)[C@H](Cc1cc(F)cc(F)c1)NC(=O)c1cc(C)cc(C(=O)N(CCC)CCC)c1. The molecule has 0 aliphatic carbocycles. The number of rotatable bonds is 17. The highest BCUT2D eigenvalue weighted by Gasteiger charge is 2.25. The predicted molar refractivity (Wildman–Crippen MR) is 169 cm³/mol. The number of carbonyl (C=O) groups is 2. The van der Waals surface area contributed by atoms with Crippen molar-refractivity contribution >= 4 is 23.4 Å². The monoisotopic (exact) mass is 631 g/mol. The maximum atomic E-state index is 14.0. The highest BCUT2D eigenvalue weighted by atomic mass is 35.5. The molecule has 1 aromatic heterocycles. The van der Waals surface area contributed by atoms with Crippen LogP contribution in [0.15, 0.2) is 42.7 Å². The van der Waals surface area contributed by atoms with E-state index >= 15 is 0 Å². The molecule has 11 heteroatoms. The van der Waals surface area contributed by atoms with Gasteiger partial charge in [-0.25, -0.2) is 13.8 Å². The van der Waals surface area contributed by atoms with Gasteiger partial charge in [0.05, 0.1) is 24.2 Å². The Bertz CT molecular complexity index is 1370. The average Bonchev–Trinajstić information content (AvgIpc) is 3.32. The van der Waals surface area contributed by atoms with Crippen molar-refractivity contribution in [3.05, 3.63) is 87.5 Å². The summed E-state index contributed by atoms with van der Waals surface area (Å²) in [7, 11) is 0. The number of unbranched alkanes of at least 4 members (excludes halogenated alkanes) is 1. The van der Waals surface area contributed by atoms with Crippen molar-refractivity contribution in [1.29, 1.82) is 0 Å². The van der Waals surface area contributed by atoms with Crippen molar-refractivity contribution in [1.82, 2.24) is 25.1 Å². The lowest BCUT2D eigenvalue weighted by atomic mass is 9.99. The number of aryl methyl sites for hydroxylation is 2. The molecule has 3 N–H and O–H groups in total. The van der Waals surface area contributed by atoms with Crippen LogP contribution in [0.1, 0.15) is 84.0 Å². The zero-order valence-electron chi connectivity index (χ0n) is 26.0. The fourth-order valence-electron chi connectivity index (χ4n) is 5.15. The average molecular weight is 632 g/mol. The summed E-state index contributed by atoms with van der Waals surface area (Å²) in [6, 6.07) is 7.17. The number of imidazole rings is 1. The van der Waals surface area contributed by atoms with E-state index in [0.717, 1.165) is 49.6 Å². The second kappa shape index (κ2) is 17.2. The summed E-state index contributed by atoms with van der Waals surface area (Å²) in [4.78, 5) is 32.8. The first-order chi connectivity index (χ1) is 21.1. The van der Waals surface area contributed by atoms with Crippen LogP contribution in [0.2, 0.25) is 5.15 Å². The van der Waals surface area contributed by atoms with Gasteiger partial charge in [-0.05, 0) is 74.1 Å². The minimum absolute atomic E-state index is 0.0309. The van der Waals surface area contributed by atoms with E-state index in [2.05, 4.69) is 22.5 Å². The van der Waals surface area contributed by atoms with E-state index in [1.807, 2.05) is 18.4 Å². The number of carbonyl (C=O) groups excluding carboxylic acids is 2. The number of benzene rings is 2. The molecule has 1 heterocycles. The highest BCUT2D eigenvalue weighted by molar-refractivity contribution is 6.30. The second-order valence-electron chi connectivity index (χ2n) is 11.2. The van der Waals surface area contributed by atoms with Gasteiger partial charge in [-0.3, -0.25) is 9.59 Å². The van der Waals surface area contributed by atoms with Gasteiger partial charge in [-0.15, -0.1) is 0 Å². The summed E-state index contributed by atoms with van der Waals surface area (Å²) >= 11 is 6.29. The number of hydrogen-bond acceptors (Lipinski definition) is 5. The van der Waals surface area contributed by atoms with Gasteiger partial charge >= 0.3 is 0 Å². The molecule has 8 nitrogen and oxygen atoms in total. The number of amides is 2. The van der Waals surface area contributed by atoms with E-state index < -0.39 is 29.7 Å². The fraction of sp³-hybridized carbons (Fsp3) is 0.485. The summed E-state index contributed by atoms with van der Waals surface area (Å²) in [6.45, 7) is 10.3. The van der Waals surface area contributed by atoms with Gasteiger partial charge in [-0.2, -0.15) is 0 Å². The zero-order chi connectivity index (χ0) is 32.2. The van der Waals surface area contributed by atoms with Crippen LogP contribution >= 0.6 is 11.6 Å². The van der Waals surface area contributed by atoms with Crippen LogP contribution in [0.5, 0.6) is 0 Å². The number of aromatic nitrogens is 2. The first-order valence-corrected chi connectivity index (χ1v) is 15.7. The van der Waals surface area contributed by atoms with Gasteiger partial charge in [0, 0.05) is 49.9 Å². The number of nitrogens with zero attached hydrogens (tertiary/aromatic N) is 3. The molecular weight excluding hydrogens is 588 g/mol. The lowest BCUT2D eigenvalue weighted by Gasteiger charge is -2.25. The van der Waals surface area contributed by atoms with Crippen LogP contribution in [0.25, 0.3) is 0 Å². The van der Waals surface area contributed by atoms with E-state index in [-0.39, 0.29) is 30.0 Å². The highest BCUT2D eigenvalue weighted by Crippen LogP contribution is 2.17. The van der Waals surface area contributed by atoms with Gasteiger partial charge in [0.1, 0.15) is 11.6 Å². The van der Waals surface area contributed by atoms with E-state index in [0.29, 0.717) is 30.4 Å². The molecule has 0 bridgehead atoms. The smallest absolute Gasteiger partial charge is 0.253 e. The Kier molecular flexibility index (Phi) is 13.8. The van der Waals surface area contributed by atoms with Gasteiger partial charge in [0.25, 0.3) is 11.8 Å². The molecule has 0 aliphatic rings. The minimum atomic E-state index is -1.13. The van der Waals surface area contributed by atoms with Crippen molar-refractivity contribution in [2.45, 2.75) is 85.0 Å². The maximum Gasteiger partial charge on any atom is 0.253 e. The molecule has 3 rings (SSSR count). The zero-order valence-corrected chi connectivity index (χ0v) is 26.8. The number of halogens is 3. The Balaban J connectivity index is 1.81. The molecule has 3 aromatic rings. The molecular formula is C33H44ClF2N5O3. The summed E-state index contributed by atoms with van der Waals surface area (Å²) in [5.74, 6) is -2.17. The predicted octanol–water partition coefficient (Wildman–Crippen LogP) is 5.68. The fourth-order valence-corrected chi connectivity index (χ4v) is 5.37. The summed E-state index contributed by atoms with van der Waals surface area (Å²) in [5, 5.41) is 17.6. The standard InChI is InChI=1S/C33H44ClF2N5O3/c1-5-8-11-41-21-38-31(34)29(41)19-37-20-30(42)28(16-23-14-26(35)18-27(36)15-23)39-32(43)24-12-22(4)13-25(17-24)33(44)40(9-6-2)10-7-3/h12-15,17-18,21,28,30,37,42H,5-11,16,19-20H2,1-4H3,(H,39,43)/t28-,30+/m0/s1. The molecule has 44 heavy (non-hydrogen) atoms. The largest absolute Gasteiger partial charge is 0.390 e. The van der Waals surface area contributed by atoms with Crippen molar-refractivity contribution < 1.29 is 23.5 Å². The van der Waals surface area contributed by atoms with Gasteiger partial charge in [-0.1, -0.05) is 38.8 Å². The molecule has 0 spiro atoms. The van der Waals surface area contributed by atoms with Crippen LogP contribution < -0.4 is 10.6 Å².